The Morgan fingerprint density at radius 3 is 2.84 bits per heavy atom. The Morgan fingerprint density at radius 2 is 2.21 bits per heavy atom. The normalized spacial score (nSPS) is 12.4. The van der Waals surface area contributed by atoms with E-state index in [0.717, 1.165) is 21.3 Å². The first-order chi connectivity index (χ1) is 9.10. The minimum atomic E-state index is -0.261. The summed E-state index contributed by atoms with van der Waals surface area (Å²) in [5.74, 6) is 5.35. The van der Waals surface area contributed by atoms with E-state index < -0.39 is 0 Å². The van der Waals surface area contributed by atoms with Crippen molar-refractivity contribution in [1.29, 1.82) is 0 Å². The van der Waals surface area contributed by atoms with Crippen molar-refractivity contribution in [2.45, 2.75) is 19.4 Å². The lowest BCUT2D eigenvalue weighted by molar-refractivity contribution is 0.544. The van der Waals surface area contributed by atoms with Crippen molar-refractivity contribution in [3.63, 3.8) is 0 Å². The molecule has 0 saturated carbocycles. The molecule has 0 radical (unpaired) electrons. The third-order valence-corrected chi connectivity index (χ3v) is 3.44. The van der Waals surface area contributed by atoms with Crippen molar-refractivity contribution >= 4 is 15.9 Å². The molecule has 100 valence electrons. The fourth-order valence-electron chi connectivity index (χ4n) is 2.09. The fourth-order valence-corrected chi connectivity index (χ4v) is 2.60. The van der Waals surface area contributed by atoms with E-state index in [1.54, 1.807) is 6.20 Å². The Hall–Kier alpha value is -1.30. The molecular weight excluding hydrogens is 309 g/mol. The van der Waals surface area contributed by atoms with E-state index in [1.807, 2.05) is 25.1 Å². The summed E-state index contributed by atoms with van der Waals surface area (Å²) in [6, 6.07) is 8.58. The zero-order chi connectivity index (χ0) is 13.8. The number of hydrogen-bond acceptors (Lipinski definition) is 3. The largest absolute Gasteiger partial charge is 0.271 e. The zero-order valence-corrected chi connectivity index (χ0v) is 12.1. The quantitative estimate of drug-likeness (QED) is 0.671. The van der Waals surface area contributed by atoms with Crippen molar-refractivity contribution in [2.75, 3.05) is 0 Å². The monoisotopic (exact) mass is 323 g/mol. The van der Waals surface area contributed by atoms with Crippen LogP contribution in [0.2, 0.25) is 0 Å². The van der Waals surface area contributed by atoms with Crippen molar-refractivity contribution in [3.8, 4) is 0 Å². The Morgan fingerprint density at radius 1 is 1.42 bits per heavy atom. The van der Waals surface area contributed by atoms with Crippen LogP contribution in [0.15, 0.2) is 41.0 Å². The molecule has 3 nitrogen and oxygen atoms in total. The van der Waals surface area contributed by atoms with Crippen LogP contribution in [-0.4, -0.2) is 4.98 Å². The van der Waals surface area contributed by atoms with Crippen LogP contribution in [0.5, 0.6) is 0 Å². The van der Waals surface area contributed by atoms with Crippen LogP contribution in [0.3, 0.4) is 0 Å². The van der Waals surface area contributed by atoms with Crippen LogP contribution in [0.4, 0.5) is 4.39 Å². The van der Waals surface area contributed by atoms with E-state index in [-0.39, 0.29) is 11.9 Å². The smallest absolute Gasteiger partial charge is 0.124 e. The van der Waals surface area contributed by atoms with Gasteiger partial charge in [0.05, 0.1) is 6.04 Å². The van der Waals surface area contributed by atoms with Gasteiger partial charge < -0.3 is 0 Å². The van der Waals surface area contributed by atoms with Crippen molar-refractivity contribution in [2.24, 2.45) is 5.84 Å². The van der Waals surface area contributed by atoms with Gasteiger partial charge in [0.1, 0.15) is 5.82 Å². The van der Waals surface area contributed by atoms with E-state index >= 15 is 0 Å². The molecule has 1 aromatic carbocycles. The number of rotatable bonds is 4. The number of nitrogens with one attached hydrogen (secondary N) is 1. The molecule has 1 unspecified atom stereocenters. The third-order valence-electron chi connectivity index (χ3n) is 2.99. The van der Waals surface area contributed by atoms with E-state index in [1.165, 1.54) is 12.1 Å². The maximum absolute atomic E-state index is 13.4. The summed E-state index contributed by atoms with van der Waals surface area (Å²) < 4.78 is 14.1. The summed E-state index contributed by atoms with van der Waals surface area (Å²) in [7, 11) is 0. The van der Waals surface area contributed by atoms with Gasteiger partial charge in [-0.1, -0.05) is 22.0 Å². The summed E-state index contributed by atoms with van der Waals surface area (Å²) >= 11 is 3.29. The van der Waals surface area contributed by atoms with Crippen LogP contribution in [0, 0.1) is 12.7 Å². The molecule has 5 heteroatoms. The second-order valence-electron chi connectivity index (χ2n) is 4.38. The van der Waals surface area contributed by atoms with E-state index in [4.69, 9.17) is 5.84 Å². The molecule has 0 aliphatic rings. The van der Waals surface area contributed by atoms with Gasteiger partial charge in [0.2, 0.25) is 0 Å². The molecule has 0 bridgehead atoms. The first-order valence-corrected chi connectivity index (χ1v) is 6.72. The minimum Gasteiger partial charge on any atom is -0.271 e. The molecule has 0 saturated heterocycles. The summed E-state index contributed by atoms with van der Waals surface area (Å²) in [5.41, 5.74) is 5.58. The highest BCUT2D eigenvalue weighted by molar-refractivity contribution is 9.10. The predicted molar refractivity (Wildman–Crippen MR) is 76.8 cm³/mol. The first-order valence-electron chi connectivity index (χ1n) is 5.92. The average Bonchev–Trinajstić information content (AvgIpc) is 2.36. The standard InChI is InChI=1S/C14H15BrFN3/c1-9-13(3-2-4-18-9)14(19-17)7-10-5-11(15)8-12(16)6-10/h2-6,8,14,19H,7,17H2,1H3. The summed E-state index contributed by atoms with van der Waals surface area (Å²) in [6.45, 7) is 1.93. The molecule has 0 aliphatic carbocycles. The van der Waals surface area contributed by atoms with Gasteiger partial charge in [0.25, 0.3) is 0 Å². The lowest BCUT2D eigenvalue weighted by Gasteiger charge is -2.18. The molecule has 0 aliphatic heterocycles. The van der Waals surface area contributed by atoms with Crippen LogP contribution in [0.1, 0.15) is 22.9 Å². The molecule has 1 aromatic heterocycles. The Labute approximate surface area is 120 Å². The molecule has 19 heavy (non-hydrogen) atoms. The second kappa shape index (κ2) is 6.23. The summed E-state index contributed by atoms with van der Waals surface area (Å²) in [5, 5.41) is 0. The number of nitrogens with two attached hydrogens (primary N) is 1. The number of hydrogen-bond donors (Lipinski definition) is 2. The molecule has 1 heterocycles. The van der Waals surface area contributed by atoms with Gasteiger partial charge in [-0.15, -0.1) is 0 Å². The number of pyridine rings is 1. The van der Waals surface area contributed by atoms with E-state index in [2.05, 4.69) is 26.3 Å². The lowest BCUT2D eigenvalue weighted by atomic mass is 9.98. The van der Waals surface area contributed by atoms with Crippen LogP contribution < -0.4 is 11.3 Å². The third kappa shape index (κ3) is 3.59. The molecule has 0 fully saturated rings. The number of aromatic nitrogens is 1. The molecule has 3 N–H and O–H groups in total. The highest BCUT2D eigenvalue weighted by Gasteiger charge is 2.14. The van der Waals surface area contributed by atoms with Crippen molar-refractivity contribution in [1.82, 2.24) is 10.4 Å². The van der Waals surface area contributed by atoms with Crippen LogP contribution in [-0.2, 0) is 6.42 Å². The van der Waals surface area contributed by atoms with Gasteiger partial charge >= 0.3 is 0 Å². The van der Waals surface area contributed by atoms with E-state index in [9.17, 15) is 4.39 Å². The molecule has 0 amide bonds. The SMILES string of the molecule is Cc1ncccc1C(Cc1cc(F)cc(Br)c1)NN. The summed E-state index contributed by atoms with van der Waals surface area (Å²) in [4.78, 5) is 4.25. The Balaban J connectivity index is 2.26. The maximum atomic E-state index is 13.4. The fraction of sp³-hybridized carbons (Fsp3) is 0.214. The van der Waals surface area contributed by atoms with Gasteiger partial charge in [0.15, 0.2) is 0 Å². The number of aryl methyl sites for hydroxylation is 1. The van der Waals surface area contributed by atoms with Gasteiger partial charge in [-0.2, -0.15) is 0 Å². The lowest BCUT2D eigenvalue weighted by Crippen LogP contribution is -2.30. The molecule has 1 atom stereocenters. The average molecular weight is 324 g/mol. The molecular formula is C14H15BrFN3. The number of halogens is 2. The molecule has 0 spiro atoms. The topological polar surface area (TPSA) is 50.9 Å². The Bertz CT molecular complexity index is 554. The highest BCUT2D eigenvalue weighted by Crippen LogP contribution is 2.22. The maximum Gasteiger partial charge on any atom is 0.124 e. The van der Waals surface area contributed by atoms with Gasteiger partial charge in [-0.05, 0) is 48.7 Å². The van der Waals surface area contributed by atoms with Crippen LogP contribution in [0.25, 0.3) is 0 Å². The number of hydrazine groups is 1. The van der Waals surface area contributed by atoms with Gasteiger partial charge in [0, 0.05) is 16.4 Å². The highest BCUT2D eigenvalue weighted by atomic mass is 79.9. The van der Waals surface area contributed by atoms with E-state index in [0.29, 0.717) is 6.42 Å². The number of nitrogens with zero attached hydrogens (tertiary/aromatic N) is 1. The summed E-state index contributed by atoms with van der Waals surface area (Å²) in [6.07, 6.45) is 2.34. The van der Waals surface area contributed by atoms with Gasteiger partial charge in [-0.25, -0.2) is 4.39 Å². The Kier molecular flexibility index (Phi) is 4.63. The van der Waals surface area contributed by atoms with Gasteiger partial charge in [-0.3, -0.25) is 16.3 Å². The van der Waals surface area contributed by atoms with Crippen molar-refractivity contribution in [3.05, 3.63) is 63.6 Å². The predicted octanol–water partition coefficient (Wildman–Crippen LogP) is 3.04. The van der Waals surface area contributed by atoms with Crippen LogP contribution >= 0.6 is 15.9 Å². The van der Waals surface area contributed by atoms with Crippen molar-refractivity contribution < 1.29 is 4.39 Å². The second-order valence-corrected chi connectivity index (χ2v) is 5.29. The molecule has 2 rings (SSSR count). The first kappa shape index (κ1) is 14.1. The minimum absolute atomic E-state index is 0.0950. The number of benzene rings is 1. The zero-order valence-electron chi connectivity index (χ0n) is 10.5. The molecule has 2 aromatic rings.